The van der Waals surface area contributed by atoms with Gasteiger partial charge in [0.2, 0.25) is 10.0 Å². The van der Waals surface area contributed by atoms with Crippen LogP contribution in [0.25, 0.3) is 16.3 Å². The maximum atomic E-state index is 13.4. The summed E-state index contributed by atoms with van der Waals surface area (Å²) in [5.41, 5.74) is 3.19. The zero-order chi connectivity index (χ0) is 21.6. The van der Waals surface area contributed by atoms with Gasteiger partial charge in [0, 0.05) is 6.54 Å². The van der Waals surface area contributed by atoms with Crippen LogP contribution in [-0.4, -0.2) is 36.9 Å². The number of hydroxylamine groups is 1. The third-order valence-corrected chi connectivity index (χ3v) is 6.53. The van der Waals surface area contributed by atoms with E-state index in [0.717, 1.165) is 26.2 Å². The van der Waals surface area contributed by atoms with Crippen molar-refractivity contribution in [2.75, 3.05) is 13.1 Å². The minimum Gasteiger partial charge on any atom is -0.289 e. The molecule has 0 aliphatic heterocycles. The summed E-state index contributed by atoms with van der Waals surface area (Å²) in [5.74, 6) is -0.803. The predicted octanol–water partition coefficient (Wildman–Crippen LogP) is 3.83. The van der Waals surface area contributed by atoms with Gasteiger partial charge in [-0.3, -0.25) is 10.0 Å². The average molecular weight is 425 g/mol. The second-order valence-corrected chi connectivity index (χ2v) is 8.76. The van der Waals surface area contributed by atoms with E-state index in [1.54, 1.807) is 12.1 Å². The summed E-state index contributed by atoms with van der Waals surface area (Å²) < 4.78 is 28.0. The topological polar surface area (TPSA) is 86.7 Å². The van der Waals surface area contributed by atoms with E-state index in [1.165, 1.54) is 11.5 Å². The number of fused-ring (bicyclic) bond motifs is 1. The number of rotatable bonds is 8. The molecule has 3 aromatic rings. The van der Waals surface area contributed by atoms with Crippen molar-refractivity contribution in [2.24, 2.45) is 0 Å². The lowest BCUT2D eigenvalue weighted by atomic mass is 10.0. The average Bonchev–Trinajstić information content (AvgIpc) is 2.78. The summed E-state index contributed by atoms with van der Waals surface area (Å²) in [6.45, 7) is 1.46. The van der Waals surface area contributed by atoms with Gasteiger partial charge in [-0.1, -0.05) is 73.7 Å². The van der Waals surface area contributed by atoms with Crippen molar-refractivity contribution in [3.05, 3.63) is 84.4 Å². The Hall–Kier alpha value is -3.00. The summed E-state index contributed by atoms with van der Waals surface area (Å²) in [6.07, 6.45) is 2.65. The van der Waals surface area contributed by atoms with Gasteiger partial charge in [0.25, 0.3) is 5.91 Å². The molecule has 6 nitrogen and oxygen atoms in total. The molecule has 0 bridgehead atoms. The van der Waals surface area contributed by atoms with Crippen LogP contribution in [0.15, 0.2) is 83.8 Å². The lowest BCUT2D eigenvalue weighted by Gasteiger charge is -2.23. The summed E-state index contributed by atoms with van der Waals surface area (Å²) in [6, 6.07) is 21.8. The van der Waals surface area contributed by atoms with Crippen LogP contribution < -0.4 is 5.48 Å². The number of nitrogens with one attached hydrogen (secondary N) is 1. The van der Waals surface area contributed by atoms with Gasteiger partial charge in [-0.25, -0.2) is 13.9 Å². The van der Waals surface area contributed by atoms with E-state index < -0.39 is 22.5 Å². The van der Waals surface area contributed by atoms with Crippen LogP contribution >= 0.6 is 0 Å². The molecule has 0 saturated carbocycles. The van der Waals surface area contributed by atoms with Gasteiger partial charge >= 0.3 is 0 Å². The Kier molecular flexibility index (Phi) is 6.99. The standard InChI is InChI=1S/C23H24N2O4S/c1-2-8-21(18-9-4-3-5-10-18)16-25(17-23(26)24-27)30(28,29)22-14-13-19-11-6-7-12-20(19)15-22/h3-15,27H,2,16-17H2,1H3,(H,24,26). The number of carbonyl (C=O) groups is 1. The first-order valence-corrected chi connectivity index (χ1v) is 11.1. The first-order chi connectivity index (χ1) is 14.5. The highest BCUT2D eigenvalue weighted by atomic mass is 32.2. The minimum atomic E-state index is -4.00. The van der Waals surface area contributed by atoms with Crippen LogP contribution in [0, 0.1) is 0 Å². The molecular formula is C23H24N2O4S. The smallest absolute Gasteiger partial charge is 0.258 e. The van der Waals surface area contributed by atoms with Gasteiger partial charge in [0.15, 0.2) is 0 Å². The zero-order valence-electron chi connectivity index (χ0n) is 16.7. The van der Waals surface area contributed by atoms with E-state index in [-0.39, 0.29) is 11.4 Å². The number of hydrogen-bond donors (Lipinski definition) is 2. The van der Waals surface area contributed by atoms with E-state index in [1.807, 2.05) is 67.6 Å². The van der Waals surface area contributed by atoms with E-state index >= 15 is 0 Å². The fraction of sp³-hybridized carbons (Fsp3) is 0.174. The molecule has 30 heavy (non-hydrogen) atoms. The van der Waals surface area contributed by atoms with Crippen LogP contribution in [0.3, 0.4) is 0 Å². The number of sulfonamides is 1. The zero-order valence-corrected chi connectivity index (χ0v) is 17.5. The molecule has 0 saturated heterocycles. The van der Waals surface area contributed by atoms with Crippen molar-refractivity contribution >= 4 is 32.3 Å². The fourth-order valence-corrected chi connectivity index (χ4v) is 4.67. The van der Waals surface area contributed by atoms with Crippen LogP contribution in [-0.2, 0) is 14.8 Å². The van der Waals surface area contributed by atoms with Crippen molar-refractivity contribution in [3.8, 4) is 0 Å². The highest BCUT2D eigenvalue weighted by Gasteiger charge is 2.28. The molecule has 0 heterocycles. The number of carbonyl (C=O) groups excluding carboxylic acids is 1. The Morgan fingerprint density at radius 2 is 1.63 bits per heavy atom. The largest absolute Gasteiger partial charge is 0.289 e. The molecule has 0 aromatic heterocycles. The number of nitrogens with zero attached hydrogens (tertiary/aromatic N) is 1. The van der Waals surface area contributed by atoms with Gasteiger partial charge in [-0.05, 0) is 40.5 Å². The van der Waals surface area contributed by atoms with Crippen LogP contribution in [0.5, 0.6) is 0 Å². The first-order valence-electron chi connectivity index (χ1n) is 9.62. The van der Waals surface area contributed by atoms with Gasteiger partial charge in [-0.15, -0.1) is 0 Å². The number of benzene rings is 3. The molecule has 0 spiro atoms. The highest BCUT2D eigenvalue weighted by molar-refractivity contribution is 7.89. The first kappa shape index (κ1) is 21.7. The van der Waals surface area contributed by atoms with Crippen LogP contribution in [0.2, 0.25) is 0 Å². The summed E-state index contributed by atoms with van der Waals surface area (Å²) in [7, 11) is -4.00. The molecule has 0 unspecified atom stereocenters. The molecule has 0 radical (unpaired) electrons. The van der Waals surface area contributed by atoms with E-state index in [2.05, 4.69) is 0 Å². The van der Waals surface area contributed by atoms with Crippen molar-refractivity contribution in [1.29, 1.82) is 0 Å². The van der Waals surface area contributed by atoms with Crippen molar-refractivity contribution in [2.45, 2.75) is 18.2 Å². The van der Waals surface area contributed by atoms with Gasteiger partial charge < -0.3 is 0 Å². The lowest BCUT2D eigenvalue weighted by molar-refractivity contribution is -0.129. The predicted molar refractivity (Wildman–Crippen MR) is 117 cm³/mol. The molecule has 0 atom stereocenters. The Balaban J connectivity index is 2.02. The maximum absolute atomic E-state index is 13.4. The lowest BCUT2D eigenvalue weighted by Crippen LogP contribution is -2.40. The molecule has 3 aromatic carbocycles. The van der Waals surface area contributed by atoms with Gasteiger partial charge in [0.05, 0.1) is 11.4 Å². The van der Waals surface area contributed by atoms with E-state index in [0.29, 0.717) is 6.42 Å². The molecule has 7 heteroatoms. The molecule has 3 rings (SSSR count). The van der Waals surface area contributed by atoms with E-state index in [9.17, 15) is 13.2 Å². The van der Waals surface area contributed by atoms with Crippen molar-refractivity contribution < 1.29 is 18.4 Å². The number of allylic oxidation sites excluding steroid dienone is 1. The number of hydrogen-bond acceptors (Lipinski definition) is 4. The molecule has 1 amide bonds. The van der Waals surface area contributed by atoms with Crippen LogP contribution in [0.4, 0.5) is 0 Å². The third kappa shape index (κ3) is 4.94. The molecular weight excluding hydrogens is 400 g/mol. The Morgan fingerprint density at radius 1 is 0.967 bits per heavy atom. The number of amides is 1. The molecule has 156 valence electrons. The normalized spacial score (nSPS) is 12.3. The SMILES string of the molecule is CCC=C(CN(CC(=O)NO)S(=O)(=O)c1ccc2ccccc2c1)c1ccccc1. The highest BCUT2D eigenvalue weighted by Crippen LogP contribution is 2.25. The molecule has 0 aliphatic rings. The third-order valence-electron chi connectivity index (χ3n) is 4.75. The Bertz CT molecular complexity index is 1160. The fourth-order valence-electron chi connectivity index (χ4n) is 3.26. The van der Waals surface area contributed by atoms with Gasteiger partial charge in [0.1, 0.15) is 0 Å². The monoisotopic (exact) mass is 424 g/mol. The van der Waals surface area contributed by atoms with Crippen molar-refractivity contribution in [3.63, 3.8) is 0 Å². The van der Waals surface area contributed by atoms with Crippen molar-refractivity contribution in [1.82, 2.24) is 9.79 Å². The second-order valence-electron chi connectivity index (χ2n) is 6.82. The Labute approximate surface area is 176 Å². The minimum absolute atomic E-state index is 0.000430. The second kappa shape index (κ2) is 9.67. The molecule has 2 N–H and O–H groups in total. The molecule has 0 fully saturated rings. The Morgan fingerprint density at radius 3 is 2.30 bits per heavy atom. The molecule has 0 aliphatic carbocycles. The summed E-state index contributed by atoms with van der Waals surface area (Å²) in [5, 5.41) is 10.7. The maximum Gasteiger partial charge on any atom is 0.258 e. The summed E-state index contributed by atoms with van der Waals surface area (Å²) >= 11 is 0. The van der Waals surface area contributed by atoms with E-state index in [4.69, 9.17) is 5.21 Å². The quantitative estimate of drug-likeness (QED) is 0.425. The van der Waals surface area contributed by atoms with Crippen LogP contribution in [0.1, 0.15) is 18.9 Å². The summed E-state index contributed by atoms with van der Waals surface area (Å²) in [4.78, 5) is 12.0. The van der Waals surface area contributed by atoms with Gasteiger partial charge in [-0.2, -0.15) is 4.31 Å².